The smallest absolute Gasteiger partial charge is 0.200 e. The molecule has 196 valence electrons. The fourth-order valence-electron chi connectivity index (χ4n) is 5.48. The quantitative estimate of drug-likeness (QED) is 0.138. The molecule has 0 saturated heterocycles. The normalized spacial score (nSPS) is 20.9. The minimum atomic E-state index is -2.45. The van der Waals surface area contributed by atoms with Crippen LogP contribution in [-0.4, -0.2) is 0 Å². The van der Waals surface area contributed by atoms with Crippen molar-refractivity contribution in [3.63, 3.8) is 0 Å². The lowest BCUT2D eigenvalue weighted by Crippen LogP contribution is -2.42. The minimum Gasteiger partial charge on any atom is -0.203 e. The fourth-order valence-corrected chi connectivity index (χ4v) is 5.48. The molecule has 4 aromatic rings. The third-order valence-electron chi connectivity index (χ3n) is 7.07. The molecule has 0 aromatic heterocycles. The summed E-state index contributed by atoms with van der Waals surface area (Å²) in [4.78, 5) is 0. The second-order valence-electron chi connectivity index (χ2n) is 8.89. The average molecular weight is 540 g/mol. The molecule has 1 aliphatic carbocycles. The largest absolute Gasteiger partial charge is 0.203 e. The SMILES string of the molecule is Fc1c(F)c(F)c([C@H]2[C@@H](c3ccccc3)[C@H](c3ccccc3)[C@@H]2c2c(F)c(F)c(F)c(F)c2F)c(F)c1F. The molecule has 0 radical (unpaired) electrons. The maximum atomic E-state index is 15.1. The van der Waals surface area contributed by atoms with Gasteiger partial charge in [-0.05, 0) is 23.0 Å². The van der Waals surface area contributed by atoms with Crippen LogP contribution >= 0.6 is 0 Å². The molecule has 0 aliphatic heterocycles. The number of hydrogen-bond acceptors (Lipinski definition) is 0. The van der Waals surface area contributed by atoms with E-state index in [-0.39, 0.29) is 11.1 Å². The number of halogens is 10. The molecule has 4 atom stereocenters. The van der Waals surface area contributed by atoms with Gasteiger partial charge in [0.15, 0.2) is 46.5 Å². The molecular formula is C28H14F10. The van der Waals surface area contributed by atoms with Crippen molar-refractivity contribution < 1.29 is 43.9 Å². The van der Waals surface area contributed by atoms with E-state index in [1.54, 1.807) is 12.1 Å². The number of benzene rings is 4. The highest BCUT2D eigenvalue weighted by molar-refractivity contribution is 5.50. The van der Waals surface area contributed by atoms with Crippen molar-refractivity contribution >= 4 is 0 Å². The van der Waals surface area contributed by atoms with Gasteiger partial charge in [0.25, 0.3) is 0 Å². The molecule has 10 heteroatoms. The van der Waals surface area contributed by atoms with Gasteiger partial charge in [-0.15, -0.1) is 0 Å². The van der Waals surface area contributed by atoms with Gasteiger partial charge in [-0.3, -0.25) is 0 Å². The molecule has 0 unspecified atom stereocenters. The Morgan fingerprint density at radius 2 is 0.526 bits per heavy atom. The highest BCUT2D eigenvalue weighted by Crippen LogP contribution is 2.68. The van der Waals surface area contributed by atoms with Crippen LogP contribution in [-0.2, 0) is 0 Å². The summed E-state index contributed by atoms with van der Waals surface area (Å²) in [5.74, 6) is -29.3. The molecule has 0 N–H and O–H groups in total. The summed E-state index contributed by atoms with van der Waals surface area (Å²) in [5.41, 5.74) is -2.24. The van der Waals surface area contributed by atoms with Gasteiger partial charge in [-0.1, -0.05) is 60.7 Å². The van der Waals surface area contributed by atoms with Gasteiger partial charge in [0.2, 0.25) is 11.6 Å². The fraction of sp³-hybridized carbons (Fsp3) is 0.143. The maximum absolute atomic E-state index is 15.1. The van der Waals surface area contributed by atoms with Crippen LogP contribution in [0.15, 0.2) is 60.7 Å². The van der Waals surface area contributed by atoms with Crippen molar-refractivity contribution in [2.45, 2.75) is 23.7 Å². The molecule has 1 aliphatic rings. The summed E-state index contributed by atoms with van der Waals surface area (Å²) in [7, 11) is 0. The van der Waals surface area contributed by atoms with Gasteiger partial charge in [-0.2, -0.15) is 0 Å². The molecule has 0 nitrogen and oxygen atoms in total. The van der Waals surface area contributed by atoms with Crippen LogP contribution in [0.25, 0.3) is 0 Å². The molecule has 4 aromatic carbocycles. The first-order valence-electron chi connectivity index (χ1n) is 11.2. The second-order valence-corrected chi connectivity index (χ2v) is 8.89. The van der Waals surface area contributed by atoms with Crippen molar-refractivity contribution in [2.24, 2.45) is 0 Å². The lowest BCUT2D eigenvalue weighted by molar-refractivity contribution is 0.198. The highest BCUT2D eigenvalue weighted by atomic mass is 19.2. The second kappa shape index (κ2) is 9.49. The van der Waals surface area contributed by atoms with Crippen LogP contribution in [0.5, 0.6) is 0 Å². The van der Waals surface area contributed by atoms with E-state index < -0.39 is 93.0 Å². The van der Waals surface area contributed by atoms with Crippen LogP contribution < -0.4 is 0 Å². The van der Waals surface area contributed by atoms with Crippen molar-refractivity contribution in [2.75, 3.05) is 0 Å². The zero-order valence-corrected chi connectivity index (χ0v) is 18.9. The lowest BCUT2D eigenvalue weighted by Gasteiger charge is -2.53. The first-order chi connectivity index (χ1) is 18.1. The van der Waals surface area contributed by atoms with E-state index in [1.165, 1.54) is 48.5 Å². The van der Waals surface area contributed by atoms with E-state index in [1.807, 2.05) is 0 Å². The standard InChI is InChI=1S/C28H14F10/c29-19-17(20(30)24(34)27(37)23(19)33)15-13(11-7-3-1-4-8-11)14(12-9-5-2-6-10-12)16(15)18-21(31)25(35)28(38)26(36)22(18)32/h1-10,13-16H/t13-,14-,15-,16-/m0/s1. The zero-order valence-electron chi connectivity index (χ0n) is 18.9. The van der Waals surface area contributed by atoms with Crippen molar-refractivity contribution in [3.05, 3.63) is 141 Å². The summed E-state index contributed by atoms with van der Waals surface area (Å²) >= 11 is 0. The third kappa shape index (κ3) is 3.68. The monoisotopic (exact) mass is 540 g/mol. The van der Waals surface area contributed by atoms with Gasteiger partial charge >= 0.3 is 0 Å². The Balaban J connectivity index is 1.87. The van der Waals surface area contributed by atoms with Crippen LogP contribution in [0.1, 0.15) is 45.9 Å². The summed E-state index contributed by atoms with van der Waals surface area (Å²) in [6, 6.07) is 15.1. The molecular weight excluding hydrogens is 526 g/mol. The summed E-state index contributed by atoms with van der Waals surface area (Å²) in [6.07, 6.45) is 0. The first kappa shape index (κ1) is 25.8. The topological polar surface area (TPSA) is 0 Å². The Morgan fingerprint density at radius 3 is 0.789 bits per heavy atom. The van der Waals surface area contributed by atoms with Gasteiger partial charge in [0.05, 0.1) is 0 Å². The Hall–Kier alpha value is -3.82. The molecule has 0 bridgehead atoms. The first-order valence-corrected chi connectivity index (χ1v) is 11.2. The van der Waals surface area contributed by atoms with E-state index in [9.17, 15) is 26.3 Å². The summed E-state index contributed by atoms with van der Waals surface area (Å²) in [6.45, 7) is 0. The number of hydrogen-bond donors (Lipinski definition) is 0. The van der Waals surface area contributed by atoms with Crippen LogP contribution in [0, 0.1) is 58.2 Å². The third-order valence-corrected chi connectivity index (χ3v) is 7.07. The Bertz CT molecular complexity index is 1360. The van der Waals surface area contributed by atoms with Gasteiger partial charge < -0.3 is 0 Å². The van der Waals surface area contributed by atoms with E-state index in [4.69, 9.17) is 0 Å². The predicted molar refractivity (Wildman–Crippen MR) is 116 cm³/mol. The van der Waals surface area contributed by atoms with E-state index in [2.05, 4.69) is 0 Å². The predicted octanol–water partition coefficient (Wildman–Crippen LogP) is 8.53. The number of rotatable bonds is 4. The highest BCUT2D eigenvalue weighted by Gasteiger charge is 2.57. The van der Waals surface area contributed by atoms with Gasteiger partial charge in [0.1, 0.15) is 0 Å². The van der Waals surface area contributed by atoms with E-state index >= 15 is 17.6 Å². The summed E-state index contributed by atoms with van der Waals surface area (Å²) < 4.78 is 145. The molecule has 38 heavy (non-hydrogen) atoms. The lowest BCUT2D eigenvalue weighted by atomic mass is 9.49. The van der Waals surface area contributed by atoms with Crippen LogP contribution in [0.4, 0.5) is 43.9 Å². The van der Waals surface area contributed by atoms with Crippen LogP contribution in [0.3, 0.4) is 0 Å². The Kier molecular flexibility index (Phi) is 6.44. The van der Waals surface area contributed by atoms with E-state index in [0.29, 0.717) is 0 Å². The van der Waals surface area contributed by atoms with Crippen molar-refractivity contribution in [1.82, 2.24) is 0 Å². The van der Waals surface area contributed by atoms with Gasteiger partial charge in [-0.25, -0.2) is 43.9 Å². The molecule has 5 rings (SSSR count). The van der Waals surface area contributed by atoms with Crippen LogP contribution in [0.2, 0.25) is 0 Å². The maximum Gasteiger partial charge on any atom is 0.200 e. The molecule has 0 heterocycles. The summed E-state index contributed by atoms with van der Waals surface area (Å²) in [5, 5.41) is 0. The zero-order chi connectivity index (χ0) is 27.5. The Labute approximate surface area is 209 Å². The molecule has 1 fully saturated rings. The molecule has 0 amide bonds. The van der Waals surface area contributed by atoms with Crippen molar-refractivity contribution in [3.8, 4) is 0 Å². The minimum absolute atomic E-state index is 0.287. The van der Waals surface area contributed by atoms with Crippen molar-refractivity contribution in [1.29, 1.82) is 0 Å². The van der Waals surface area contributed by atoms with Gasteiger partial charge in [0, 0.05) is 23.0 Å². The molecule has 0 spiro atoms. The molecule has 1 saturated carbocycles. The van der Waals surface area contributed by atoms with E-state index in [0.717, 1.165) is 0 Å². The Morgan fingerprint density at radius 1 is 0.289 bits per heavy atom. The average Bonchev–Trinajstić information content (AvgIpc) is 2.93.